The molecule has 3 atom stereocenters. The molecule has 2 unspecified atom stereocenters. The van der Waals surface area contributed by atoms with E-state index in [1.165, 1.54) is 22.7 Å². The molecular formula is C19H23N5O5S. The quantitative estimate of drug-likeness (QED) is 0.237. The van der Waals surface area contributed by atoms with E-state index in [4.69, 9.17) is 10.6 Å². The standard InChI is InChI=1S/C19H23N5O5S/c1-3-4-8-29-23-14(11-6-5-7-13(20)21-11)16(25)22-15-17(26)24-12(19(27)28)9-10(2)30-18(15)24/h5-7,9-10,15,18H,3-4,8H2,1-2H3,(H2,20,21)(H,22,25)(H,27,28)/t10?,15?,18-/m1/s1. The number of hydrogen-bond acceptors (Lipinski definition) is 8. The normalized spacial score (nSPS) is 23.2. The summed E-state index contributed by atoms with van der Waals surface area (Å²) < 4.78 is 0. The van der Waals surface area contributed by atoms with Gasteiger partial charge in [-0.1, -0.05) is 24.6 Å². The van der Waals surface area contributed by atoms with Crippen LogP contribution >= 0.6 is 11.8 Å². The Kier molecular flexibility index (Phi) is 6.60. The number of oxime groups is 1. The lowest BCUT2D eigenvalue weighted by Gasteiger charge is -2.49. The van der Waals surface area contributed by atoms with Crippen molar-refractivity contribution in [3.05, 3.63) is 35.7 Å². The summed E-state index contributed by atoms with van der Waals surface area (Å²) in [5.41, 5.74) is 5.75. The van der Waals surface area contributed by atoms with Crippen molar-refractivity contribution in [3.8, 4) is 0 Å². The van der Waals surface area contributed by atoms with Gasteiger partial charge < -0.3 is 21.0 Å². The number of nitrogen functional groups attached to an aromatic ring is 1. The highest BCUT2D eigenvalue weighted by molar-refractivity contribution is 8.00. The zero-order valence-electron chi connectivity index (χ0n) is 16.6. The van der Waals surface area contributed by atoms with Crippen LogP contribution in [0.4, 0.5) is 5.82 Å². The lowest BCUT2D eigenvalue weighted by molar-refractivity contribution is -0.150. The number of pyridine rings is 1. The largest absolute Gasteiger partial charge is 0.477 e. The van der Waals surface area contributed by atoms with E-state index in [1.807, 2.05) is 13.8 Å². The highest BCUT2D eigenvalue weighted by atomic mass is 32.2. The monoisotopic (exact) mass is 433 g/mol. The van der Waals surface area contributed by atoms with Crippen molar-refractivity contribution >= 4 is 41.1 Å². The second kappa shape index (κ2) is 9.16. The minimum Gasteiger partial charge on any atom is -0.477 e. The molecule has 0 radical (unpaired) electrons. The molecule has 1 saturated heterocycles. The first-order valence-corrected chi connectivity index (χ1v) is 10.4. The van der Waals surface area contributed by atoms with E-state index < -0.39 is 29.2 Å². The summed E-state index contributed by atoms with van der Waals surface area (Å²) in [5.74, 6) is -2.11. The van der Waals surface area contributed by atoms with Crippen molar-refractivity contribution in [2.24, 2.45) is 5.16 Å². The van der Waals surface area contributed by atoms with Crippen molar-refractivity contribution < 1.29 is 24.3 Å². The minimum atomic E-state index is -1.18. The molecule has 3 rings (SSSR count). The van der Waals surface area contributed by atoms with E-state index in [2.05, 4.69) is 15.5 Å². The second-order valence-corrected chi connectivity index (χ2v) is 8.32. The zero-order chi connectivity index (χ0) is 21.8. The fourth-order valence-electron chi connectivity index (χ4n) is 3.05. The number of nitrogens with one attached hydrogen (secondary N) is 1. The van der Waals surface area contributed by atoms with Gasteiger partial charge in [-0.25, -0.2) is 9.78 Å². The van der Waals surface area contributed by atoms with Gasteiger partial charge in [-0.2, -0.15) is 0 Å². The number of anilines is 1. The van der Waals surface area contributed by atoms with Crippen molar-refractivity contribution in [3.63, 3.8) is 0 Å². The summed E-state index contributed by atoms with van der Waals surface area (Å²) in [5, 5.41) is 15.3. The van der Waals surface area contributed by atoms with Crippen LogP contribution < -0.4 is 11.1 Å². The third-order valence-corrected chi connectivity index (χ3v) is 5.86. The van der Waals surface area contributed by atoms with Crippen LogP contribution in [-0.2, 0) is 19.2 Å². The molecule has 0 aliphatic carbocycles. The number of fused-ring (bicyclic) bond motifs is 1. The summed E-state index contributed by atoms with van der Waals surface area (Å²) in [7, 11) is 0. The molecule has 2 amide bonds. The highest BCUT2D eigenvalue weighted by Gasteiger charge is 2.54. The average Bonchev–Trinajstić information content (AvgIpc) is 2.71. The summed E-state index contributed by atoms with van der Waals surface area (Å²) >= 11 is 1.39. The smallest absolute Gasteiger partial charge is 0.352 e. The van der Waals surface area contributed by atoms with Crippen LogP contribution in [0.2, 0.25) is 0 Å². The zero-order valence-corrected chi connectivity index (χ0v) is 17.4. The van der Waals surface area contributed by atoms with E-state index >= 15 is 0 Å². The van der Waals surface area contributed by atoms with Gasteiger partial charge in [0, 0.05) is 5.25 Å². The summed E-state index contributed by atoms with van der Waals surface area (Å²) in [6, 6.07) is 3.89. The van der Waals surface area contributed by atoms with E-state index in [1.54, 1.807) is 18.2 Å². The number of nitrogens with zero attached hydrogens (tertiary/aromatic N) is 3. The van der Waals surface area contributed by atoms with Crippen LogP contribution in [0.15, 0.2) is 35.1 Å². The van der Waals surface area contributed by atoms with Gasteiger partial charge in [-0.3, -0.25) is 14.5 Å². The first-order chi connectivity index (χ1) is 14.3. The maximum absolute atomic E-state index is 12.9. The third-order valence-electron chi connectivity index (χ3n) is 4.53. The van der Waals surface area contributed by atoms with Crippen LogP contribution in [-0.4, -0.2) is 61.8 Å². The average molecular weight is 433 g/mol. The number of carboxylic acid groups (broad SMARTS) is 1. The Bertz CT molecular complexity index is 918. The number of β-lactam (4-membered cyclic amide) rings is 1. The number of carbonyl (C=O) groups excluding carboxylic acids is 2. The number of aliphatic carboxylic acids is 1. The number of carbonyl (C=O) groups is 3. The molecule has 4 N–H and O–H groups in total. The van der Waals surface area contributed by atoms with Crippen molar-refractivity contribution in [2.45, 2.75) is 43.4 Å². The lowest BCUT2D eigenvalue weighted by atomic mass is 10.0. The number of aromatic nitrogens is 1. The maximum Gasteiger partial charge on any atom is 0.352 e. The van der Waals surface area contributed by atoms with Gasteiger partial charge in [0.05, 0.1) is 0 Å². The van der Waals surface area contributed by atoms with Gasteiger partial charge in [-0.15, -0.1) is 11.8 Å². The molecule has 160 valence electrons. The maximum atomic E-state index is 12.9. The minimum absolute atomic E-state index is 0.0731. The van der Waals surface area contributed by atoms with Crippen LogP contribution in [0.1, 0.15) is 32.4 Å². The first-order valence-electron chi connectivity index (χ1n) is 9.50. The number of unbranched alkanes of at least 4 members (excludes halogenated alkanes) is 1. The van der Waals surface area contributed by atoms with Crippen molar-refractivity contribution in [1.29, 1.82) is 0 Å². The van der Waals surface area contributed by atoms with Crippen molar-refractivity contribution in [2.75, 3.05) is 12.3 Å². The molecule has 2 aliphatic heterocycles. The Balaban J connectivity index is 1.78. The summed E-state index contributed by atoms with van der Waals surface area (Å²) in [4.78, 5) is 47.5. The number of amides is 2. The van der Waals surface area contributed by atoms with Gasteiger partial charge in [0.2, 0.25) is 0 Å². The van der Waals surface area contributed by atoms with Crippen molar-refractivity contribution in [1.82, 2.24) is 15.2 Å². The van der Waals surface area contributed by atoms with Crippen LogP contribution in [0.3, 0.4) is 0 Å². The van der Waals surface area contributed by atoms with Gasteiger partial charge in [-0.05, 0) is 31.6 Å². The fraction of sp³-hybridized carbons (Fsp3) is 0.421. The van der Waals surface area contributed by atoms with Crippen LogP contribution in [0.5, 0.6) is 0 Å². The Labute approximate surface area is 177 Å². The lowest BCUT2D eigenvalue weighted by Crippen LogP contribution is -2.71. The molecule has 1 aromatic rings. The Morgan fingerprint density at radius 1 is 1.43 bits per heavy atom. The van der Waals surface area contributed by atoms with Gasteiger partial charge in [0.15, 0.2) is 5.71 Å². The molecule has 0 saturated carbocycles. The van der Waals surface area contributed by atoms with E-state index in [9.17, 15) is 19.5 Å². The van der Waals surface area contributed by atoms with E-state index in [0.717, 1.165) is 12.8 Å². The number of carboxylic acids is 1. The second-order valence-electron chi connectivity index (χ2n) is 6.82. The van der Waals surface area contributed by atoms with E-state index in [-0.39, 0.29) is 28.2 Å². The van der Waals surface area contributed by atoms with E-state index in [0.29, 0.717) is 6.61 Å². The topological polar surface area (TPSA) is 147 Å². The predicted molar refractivity (Wildman–Crippen MR) is 111 cm³/mol. The molecule has 0 aromatic carbocycles. The summed E-state index contributed by atoms with van der Waals surface area (Å²) in [6.45, 7) is 4.16. The van der Waals surface area contributed by atoms with Crippen LogP contribution in [0, 0.1) is 0 Å². The molecule has 3 heterocycles. The van der Waals surface area contributed by atoms with Gasteiger partial charge in [0.25, 0.3) is 11.8 Å². The SMILES string of the molecule is CCCCON=C(C(=O)NC1C(=O)N2C(C(=O)O)=CC(C)S[C@H]12)c1cccc(N)n1. The molecular weight excluding hydrogens is 410 g/mol. The Hall–Kier alpha value is -3.08. The molecule has 2 aliphatic rings. The Morgan fingerprint density at radius 2 is 2.20 bits per heavy atom. The molecule has 0 bridgehead atoms. The molecule has 30 heavy (non-hydrogen) atoms. The molecule has 1 fully saturated rings. The predicted octanol–water partition coefficient (Wildman–Crippen LogP) is 0.942. The number of rotatable bonds is 8. The van der Waals surface area contributed by atoms with Gasteiger partial charge in [0.1, 0.15) is 35.2 Å². The number of hydrogen-bond donors (Lipinski definition) is 3. The Morgan fingerprint density at radius 3 is 2.87 bits per heavy atom. The molecule has 11 heteroatoms. The number of nitrogens with two attached hydrogens (primary N) is 1. The van der Waals surface area contributed by atoms with Crippen LogP contribution in [0.25, 0.3) is 0 Å². The third kappa shape index (κ3) is 4.40. The molecule has 10 nitrogen and oxygen atoms in total. The molecule has 0 spiro atoms. The summed E-state index contributed by atoms with van der Waals surface area (Å²) in [6.07, 6.45) is 3.18. The number of thioether (sulfide) groups is 1. The molecule has 1 aromatic heterocycles. The first kappa shape index (κ1) is 21.6. The fourth-order valence-corrected chi connectivity index (χ4v) is 4.37. The van der Waals surface area contributed by atoms with Gasteiger partial charge >= 0.3 is 5.97 Å². The highest BCUT2D eigenvalue weighted by Crippen LogP contribution is 2.40.